The van der Waals surface area contributed by atoms with E-state index in [1.165, 1.54) is 0 Å². The number of likely N-dealkylation sites (tertiary alicyclic amines) is 1. The third kappa shape index (κ3) is 3.06. The molecule has 0 spiro atoms. The Bertz CT molecular complexity index is 368. The predicted molar refractivity (Wildman–Crippen MR) is 65.9 cm³/mol. The maximum atomic E-state index is 11.7. The van der Waals surface area contributed by atoms with E-state index in [1.807, 2.05) is 7.05 Å². The zero-order valence-corrected chi connectivity index (χ0v) is 11.4. The van der Waals surface area contributed by atoms with Gasteiger partial charge in [-0.25, -0.2) is 0 Å². The summed E-state index contributed by atoms with van der Waals surface area (Å²) in [6.45, 7) is 1.78. The van der Waals surface area contributed by atoms with Gasteiger partial charge in [-0.1, -0.05) is 0 Å². The van der Waals surface area contributed by atoms with E-state index in [1.54, 1.807) is 7.11 Å². The van der Waals surface area contributed by atoms with Crippen LogP contribution in [0.5, 0.6) is 0 Å². The number of cyclic esters (lactones) is 1. The molecule has 0 radical (unpaired) electrons. The van der Waals surface area contributed by atoms with Gasteiger partial charge in [-0.3, -0.25) is 9.69 Å². The Labute approximate surface area is 113 Å². The number of piperidine rings is 1. The number of carbonyl (C=O) groups excluding carboxylic acids is 1. The SMILES string of the molecule is COCOC[C@H]1[C@H]2CC(=O)OC[C@@H]1N(C)C[C@@H]2C#N. The van der Waals surface area contributed by atoms with Crippen LogP contribution >= 0.6 is 0 Å². The molecule has 19 heavy (non-hydrogen) atoms. The van der Waals surface area contributed by atoms with E-state index in [4.69, 9.17) is 14.2 Å². The maximum absolute atomic E-state index is 11.7. The number of hydrogen-bond donors (Lipinski definition) is 0. The number of hydrogen-bond acceptors (Lipinski definition) is 6. The van der Waals surface area contributed by atoms with E-state index < -0.39 is 0 Å². The quantitative estimate of drug-likeness (QED) is 0.413. The number of rotatable bonds is 4. The Morgan fingerprint density at radius 2 is 2.37 bits per heavy atom. The van der Waals surface area contributed by atoms with Gasteiger partial charge in [-0.2, -0.15) is 5.26 Å². The highest BCUT2D eigenvalue weighted by atomic mass is 16.7. The van der Waals surface area contributed by atoms with Crippen LogP contribution in [0.25, 0.3) is 0 Å². The first-order valence-electron chi connectivity index (χ1n) is 6.49. The number of fused-ring (bicyclic) bond motifs is 2. The monoisotopic (exact) mass is 268 g/mol. The highest BCUT2D eigenvalue weighted by molar-refractivity contribution is 5.70. The van der Waals surface area contributed by atoms with E-state index in [0.717, 1.165) is 0 Å². The molecule has 6 heteroatoms. The van der Waals surface area contributed by atoms with Gasteiger partial charge in [0.2, 0.25) is 0 Å². The second-order valence-electron chi connectivity index (χ2n) is 5.23. The van der Waals surface area contributed by atoms with Crippen molar-refractivity contribution in [3.8, 4) is 6.07 Å². The van der Waals surface area contributed by atoms with Crippen LogP contribution in [0.3, 0.4) is 0 Å². The lowest BCUT2D eigenvalue weighted by Crippen LogP contribution is -2.53. The summed E-state index contributed by atoms with van der Waals surface area (Å²) in [7, 11) is 3.54. The Balaban J connectivity index is 2.15. The van der Waals surface area contributed by atoms with Crippen molar-refractivity contribution in [3.05, 3.63) is 0 Å². The van der Waals surface area contributed by atoms with Crippen molar-refractivity contribution in [2.75, 3.05) is 40.7 Å². The minimum Gasteiger partial charge on any atom is -0.464 e. The van der Waals surface area contributed by atoms with Gasteiger partial charge in [-0.05, 0) is 13.0 Å². The van der Waals surface area contributed by atoms with Crippen LogP contribution < -0.4 is 0 Å². The molecule has 106 valence electrons. The zero-order chi connectivity index (χ0) is 13.8. The van der Waals surface area contributed by atoms with Gasteiger partial charge in [0, 0.05) is 25.6 Å². The van der Waals surface area contributed by atoms with Gasteiger partial charge in [0.15, 0.2) is 0 Å². The largest absolute Gasteiger partial charge is 0.464 e. The van der Waals surface area contributed by atoms with E-state index in [2.05, 4.69) is 11.0 Å². The fraction of sp³-hybridized carbons (Fsp3) is 0.846. The number of ether oxygens (including phenoxy) is 3. The molecule has 2 aliphatic heterocycles. The second kappa shape index (κ2) is 6.33. The van der Waals surface area contributed by atoms with Crippen molar-refractivity contribution in [3.63, 3.8) is 0 Å². The second-order valence-corrected chi connectivity index (χ2v) is 5.23. The van der Waals surface area contributed by atoms with Gasteiger partial charge in [0.05, 0.1) is 25.0 Å². The molecule has 0 N–H and O–H groups in total. The van der Waals surface area contributed by atoms with Crippen LogP contribution in [0, 0.1) is 29.1 Å². The molecule has 0 aromatic rings. The first-order chi connectivity index (χ1) is 9.17. The molecule has 2 aliphatic rings. The molecule has 4 atom stereocenters. The number of nitriles is 1. The lowest BCUT2D eigenvalue weighted by Gasteiger charge is -2.43. The number of nitrogens with zero attached hydrogens (tertiary/aromatic N) is 2. The van der Waals surface area contributed by atoms with E-state index >= 15 is 0 Å². The molecule has 0 aliphatic carbocycles. The summed E-state index contributed by atoms with van der Waals surface area (Å²) in [6.07, 6.45) is 0.309. The molecule has 0 aromatic heterocycles. The van der Waals surface area contributed by atoms with Gasteiger partial charge in [-0.15, -0.1) is 0 Å². The molecule has 2 bridgehead atoms. The highest BCUT2D eigenvalue weighted by Gasteiger charge is 2.46. The van der Waals surface area contributed by atoms with Gasteiger partial charge >= 0.3 is 5.97 Å². The fourth-order valence-electron chi connectivity index (χ4n) is 3.10. The van der Waals surface area contributed by atoms with Crippen LogP contribution in [0.15, 0.2) is 0 Å². The summed E-state index contributed by atoms with van der Waals surface area (Å²) in [5.41, 5.74) is 0. The first kappa shape index (κ1) is 14.3. The van der Waals surface area contributed by atoms with Crippen LogP contribution in [0.1, 0.15) is 6.42 Å². The van der Waals surface area contributed by atoms with E-state index in [9.17, 15) is 10.1 Å². The summed E-state index contributed by atoms with van der Waals surface area (Å²) in [6, 6.07) is 2.45. The number of methoxy groups -OCH3 is 1. The molecule has 2 heterocycles. The molecule has 0 amide bonds. The number of carbonyl (C=O) groups is 1. The summed E-state index contributed by atoms with van der Waals surface area (Å²) in [5, 5.41) is 9.29. The van der Waals surface area contributed by atoms with Crippen LogP contribution in [-0.4, -0.2) is 57.6 Å². The summed E-state index contributed by atoms with van der Waals surface area (Å²) in [5.74, 6) is -0.217. The lowest BCUT2D eigenvalue weighted by atomic mass is 9.73. The smallest absolute Gasteiger partial charge is 0.306 e. The summed E-state index contributed by atoms with van der Waals surface area (Å²) in [4.78, 5) is 13.8. The van der Waals surface area contributed by atoms with Crippen molar-refractivity contribution in [2.24, 2.45) is 17.8 Å². The molecule has 6 nitrogen and oxygen atoms in total. The summed E-state index contributed by atoms with van der Waals surface area (Å²) >= 11 is 0. The number of esters is 1. The molecule has 0 aromatic carbocycles. The predicted octanol–water partition coefficient (Wildman–Crippen LogP) is 0.240. The minimum atomic E-state index is -0.209. The van der Waals surface area contributed by atoms with E-state index in [-0.39, 0.29) is 36.6 Å². The third-order valence-corrected chi connectivity index (χ3v) is 4.11. The van der Waals surface area contributed by atoms with Gasteiger partial charge in [0.25, 0.3) is 0 Å². The standard InChI is InChI=1S/C13H20N2O4/c1-15-5-9(4-14)10-3-13(16)19-7-12(15)11(10)6-18-8-17-2/h9-12H,3,5-8H2,1-2H3/t9-,10-,11-,12-/m0/s1. The molecular weight excluding hydrogens is 248 g/mol. The molecule has 0 saturated carbocycles. The molecule has 2 saturated heterocycles. The van der Waals surface area contributed by atoms with Crippen molar-refractivity contribution in [1.29, 1.82) is 5.26 Å². The number of likely N-dealkylation sites (N-methyl/N-ethyl adjacent to an activating group) is 1. The highest BCUT2D eigenvalue weighted by Crippen LogP contribution is 2.37. The Hall–Kier alpha value is -1.16. The van der Waals surface area contributed by atoms with Crippen LogP contribution in [0.2, 0.25) is 0 Å². The fourth-order valence-corrected chi connectivity index (χ4v) is 3.10. The molecule has 2 rings (SSSR count). The topological polar surface area (TPSA) is 71.8 Å². The van der Waals surface area contributed by atoms with Crippen molar-refractivity contribution in [1.82, 2.24) is 4.90 Å². The van der Waals surface area contributed by atoms with Crippen LogP contribution in [-0.2, 0) is 19.0 Å². The molecule has 2 fully saturated rings. The normalized spacial score (nSPS) is 35.3. The molecule has 0 unspecified atom stereocenters. The Morgan fingerprint density at radius 1 is 1.58 bits per heavy atom. The Morgan fingerprint density at radius 3 is 3.05 bits per heavy atom. The van der Waals surface area contributed by atoms with Crippen LogP contribution in [0.4, 0.5) is 0 Å². The Kier molecular flexibility index (Phi) is 4.75. The lowest BCUT2D eigenvalue weighted by molar-refractivity contribution is -0.143. The zero-order valence-electron chi connectivity index (χ0n) is 11.4. The average molecular weight is 268 g/mol. The third-order valence-electron chi connectivity index (χ3n) is 4.11. The van der Waals surface area contributed by atoms with Gasteiger partial charge in [0.1, 0.15) is 13.4 Å². The maximum Gasteiger partial charge on any atom is 0.306 e. The summed E-state index contributed by atoms with van der Waals surface area (Å²) < 4.78 is 15.6. The first-order valence-corrected chi connectivity index (χ1v) is 6.49. The average Bonchev–Trinajstić information content (AvgIpc) is 2.52. The van der Waals surface area contributed by atoms with Gasteiger partial charge < -0.3 is 14.2 Å². The van der Waals surface area contributed by atoms with E-state index in [0.29, 0.717) is 26.2 Å². The van der Waals surface area contributed by atoms with Crippen molar-refractivity contribution in [2.45, 2.75) is 12.5 Å². The van der Waals surface area contributed by atoms with Crippen molar-refractivity contribution < 1.29 is 19.0 Å². The minimum absolute atomic E-state index is 0.0121. The van der Waals surface area contributed by atoms with Crippen molar-refractivity contribution >= 4 is 5.97 Å². The molecular formula is C13H20N2O4.